The number of ether oxygens (including phenoxy) is 1. The summed E-state index contributed by atoms with van der Waals surface area (Å²) in [6.45, 7) is 0.606. The van der Waals surface area contributed by atoms with Crippen molar-refractivity contribution in [1.82, 2.24) is 0 Å². The molecule has 9 heteroatoms. The molecule has 0 atom stereocenters. The Morgan fingerprint density at radius 2 is 1.97 bits per heavy atom. The number of benzene rings is 2. The summed E-state index contributed by atoms with van der Waals surface area (Å²) < 4.78 is 30.0. The van der Waals surface area contributed by atoms with Crippen molar-refractivity contribution in [1.29, 1.82) is 5.26 Å². The highest BCUT2D eigenvalue weighted by atomic mass is 32.2. The van der Waals surface area contributed by atoms with Gasteiger partial charge in [0.05, 0.1) is 30.2 Å². The monoisotopic (exact) mass is 427 g/mol. The standard InChI is InChI=1S/C21H21N3O5S/c1-29-19-11-17(8-9-18(19)24-10-2-3-21(24)26)23-20(25)14-30(27,28)13-16-6-4-15(12-22)5-7-16/h4-9,11H,2-3,10,13-14H2,1H3,(H,23,25). The van der Waals surface area contributed by atoms with E-state index < -0.39 is 21.5 Å². The van der Waals surface area contributed by atoms with Gasteiger partial charge in [0, 0.05) is 24.7 Å². The van der Waals surface area contributed by atoms with Crippen molar-refractivity contribution in [3.05, 3.63) is 53.6 Å². The van der Waals surface area contributed by atoms with Crippen LogP contribution in [-0.2, 0) is 25.2 Å². The number of methoxy groups -OCH3 is 1. The molecule has 30 heavy (non-hydrogen) atoms. The lowest BCUT2D eigenvalue weighted by Crippen LogP contribution is -2.25. The minimum absolute atomic E-state index is 0.0129. The molecule has 1 heterocycles. The molecular formula is C21H21N3O5S. The summed E-state index contributed by atoms with van der Waals surface area (Å²) in [6.07, 6.45) is 1.26. The Labute approximate surface area is 175 Å². The van der Waals surface area contributed by atoms with Crippen LogP contribution in [0.1, 0.15) is 24.0 Å². The first-order chi connectivity index (χ1) is 14.3. The van der Waals surface area contributed by atoms with Gasteiger partial charge in [-0.2, -0.15) is 5.26 Å². The van der Waals surface area contributed by atoms with Crippen LogP contribution in [-0.4, -0.2) is 39.6 Å². The van der Waals surface area contributed by atoms with E-state index in [1.807, 2.05) is 6.07 Å². The van der Waals surface area contributed by atoms with Crippen molar-refractivity contribution in [3.8, 4) is 11.8 Å². The van der Waals surface area contributed by atoms with E-state index in [1.54, 1.807) is 35.2 Å². The van der Waals surface area contributed by atoms with Crippen molar-refractivity contribution < 1.29 is 22.7 Å². The zero-order valence-electron chi connectivity index (χ0n) is 16.4. The number of sulfone groups is 1. The highest BCUT2D eigenvalue weighted by Gasteiger charge is 2.25. The van der Waals surface area contributed by atoms with Gasteiger partial charge in [0.15, 0.2) is 9.84 Å². The predicted molar refractivity (Wildman–Crippen MR) is 112 cm³/mol. The molecule has 0 radical (unpaired) electrons. The van der Waals surface area contributed by atoms with Gasteiger partial charge in [-0.15, -0.1) is 0 Å². The van der Waals surface area contributed by atoms with E-state index in [1.165, 1.54) is 19.2 Å². The van der Waals surface area contributed by atoms with Gasteiger partial charge in [0.2, 0.25) is 11.8 Å². The molecule has 3 rings (SSSR count). The maximum Gasteiger partial charge on any atom is 0.239 e. The predicted octanol–water partition coefficient (Wildman–Crippen LogP) is 2.25. The minimum Gasteiger partial charge on any atom is -0.494 e. The number of nitrogens with one attached hydrogen (secondary N) is 1. The number of anilines is 2. The summed E-state index contributed by atoms with van der Waals surface area (Å²) in [4.78, 5) is 25.9. The van der Waals surface area contributed by atoms with Crippen LogP contribution in [0.5, 0.6) is 5.75 Å². The van der Waals surface area contributed by atoms with E-state index in [-0.39, 0.29) is 11.7 Å². The number of carbonyl (C=O) groups excluding carboxylic acids is 2. The summed E-state index contributed by atoms with van der Waals surface area (Å²) in [6, 6.07) is 13.0. The SMILES string of the molecule is COc1cc(NC(=O)CS(=O)(=O)Cc2ccc(C#N)cc2)ccc1N1CCCC1=O. The van der Waals surface area contributed by atoms with E-state index >= 15 is 0 Å². The molecule has 8 nitrogen and oxygen atoms in total. The fraction of sp³-hybridized carbons (Fsp3) is 0.286. The molecule has 1 N–H and O–H groups in total. The number of hydrogen-bond donors (Lipinski definition) is 1. The summed E-state index contributed by atoms with van der Waals surface area (Å²) in [5.74, 6) is -1.22. The molecule has 2 aromatic carbocycles. The van der Waals surface area contributed by atoms with Crippen molar-refractivity contribution in [2.24, 2.45) is 0 Å². The molecule has 1 saturated heterocycles. The topological polar surface area (TPSA) is 117 Å². The van der Waals surface area contributed by atoms with Gasteiger partial charge in [-0.05, 0) is 36.2 Å². The van der Waals surface area contributed by atoms with Gasteiger partial charge in [0.25, 0.3) is 0 Å². The number of carbonyl (C=O) groups is 2. The molecule has 0 aliphatic carbocycles. The van der Waals surface area contributed by atoms with Gasteiger partial charge in [-0.3, -0.25) is 9.59 Å². The Morgan fingerprint density at radius 3 is 2.57 bits per heavy atom. The van der Waals surface area contributed by atoms with E-state index in [2.05, 4.69) is 5.32 Å². The Hall–Kier alpha value is -3.38. The van der Waals surface area contributed by atoms with Crippen LogP contribution >= 0.6 is 0 Å². The van der Waals surface area contributed by atoms with E-state index in [4.69, 9.17) is 10.00 Å². The van der Waals surface area contributed by atoms with Crippen LogP contribution in [0.2, 0.25) is 0 Å². The molecule has 0 spiro atoms. The lowest BCUT2D eigenvalue weighted by atomic mass is 10.2. The molecule has 156 valence electrons. The van der Waals surface area contributed by atoms with Crippen molar-refractivity contribution in [3.63, 3.8) is 0 Å². The average Bonchev–Trinajstić information content (AvgIpc) is 3.13. The Morgan fingerprint density at radius 1 is 1.23 bits per heavy atom. The lowest BCUT2D eigenvalue weighted by molar-refractivity contribution is -0.117. The normalized spacial score (nSPS) is 13.7. The van der Waals surface area contributed by atoms with Crippen LogP contribution in [0, 0.1) is 11.3 Å². The van der Waals surface area contributed by atoms with Crippen molar-refractivity contribution in [2.75, 3.05) is 29.6 Å². The van der Waals surface area contributed by atoms with Crippen LogP contribution in [0.4, 0.5) is 11.4 Å². The zero-order valence-corrected chi connectivity index (χ0v) is 17.2. The Balaban J connectivity index is 1.66. The van der Waals surface area contributed by atoms with E-state index in [9.17, 15) is 18.0 Å². The third-order valence-corrected chi connectivity index (χ3v) is 6.12. The Bertz CT molecular complexity index is 1100. The quantitative estimate of drug-likeness (QED) is 0.724. The molecule has 0 unspecified atom stereocenters. The minimum atomic E-state index is -3.70. The number of hydrogen-bond acceptors (Lipinski definition) is 6. The van der Waals surface area contributed by atoms with Gasteiger partial charge >= 0.3 is 0 Å². The van der Waals surface area contributed by atoms with Crippen molar-refractivity contribution in [2.45, 2.75) is 18.6 Å². The summed E-state index contributed by atoms with van der Waals surface area (Å²) in [7, 11) is -2.23. The highest BCUT2D eigenvalue weighted by Crippen LogP contribution is 2.33. The summed E-state index contributed by atoms with van der Waals surface area (Å²) in [5.41, 5.74) is 1.93. The lowest BCUT2D eigenvalue weighted by Gasteiger charge is -2.19. The van der Waals surface area contributed by atoms with Gasteiger partial charge in [-0.25, -0.2) is 8.42 Å². The maximum absolute atomic E-state index is 12.3. The van der Waals surface area contributed by atoms with Crippen molar-refractivity contribution >= 4 is 33.0 Å². The van der Waals surface area contributed by atoms with Crippen LogP contribution in [0.25, 0.3) is 0 Å². The first kappa shape index (κ1) is 21.3. The summed E-state index contributed by atoms with van der Waals surface area (Å²) >= 11 is 0. The van der Waals surface area contributed by atoms with E-state index in [0.717, 1.165) is 6.42 Å². The third-order valence-electron chi connectivity index (χ3n) is 4.65. The maximum atomic E-state index is 12.3. The number of amides is 2. The molecule has 2 amide bonds. The van der Waals surface area contributed by atoms with Gasteiger partial charge in [-0.1, -0.05) is 12.1 Å². The second-order valence-corrected chi connectivity index (χ2v) is 8.99. The highest BCUT2D eigenvalue weighted by molar-refractivity contribution is 7.91. The van der Waals surface area contributed by atoms with E-state index in [0.29, 0.717) is 41.2 Å². The van der Waals surface area contributed by atoms with Crippen LogP contribution in [0.3, 0.4) is 0 Å². The Kier molecular flexibility index (Phi) is 6.37. The molecular weight excluding hydrogens is 406 g/mol. The first-order valence-corrected chi connectivity index (χ1v) is 11.1. The second kappa shape index (κ2) is 8.97. The van der Waals surface area contributed by atoms with Gasteiger partial charge < -0.3 is 15.0 Å². The zero-order chi connectivity index (χ0) is 21.7. The second-order valence-electron chi connectivity index (χ2n) is 6.92. The molecule has 1 aliphatic rings. The third kappa shape index (κ3) is 5.15. The molecule has 2 aromatic rings. The number of nitriles is 1. The first-order valence-electron chi connectivity index (χ1n) is 9.29. The average molecular weight is 427 g/mol. The molecule has 0 aromatic heterocycles. The molecule has 0 bridgehead atoms. The largest absolute Gasteiger partial charge is 0.494 e. The fourth-order valence-electron chi connectivity index (χ4n) is 3.26. The van der Waals surface area contributed by atoms with Crippen LogP contribution < -0.4 is 15.0 Å². The summed E-state index contributed by atoms with van der Waals surface area (Å²) in [5, 5.41) is 11.4. The van der Waals surface area contributed by atoms with Crippen LogP contribution in [0.15, 0.2) is 42.5 Å². The smallest absolute Gasteiger partial charge is 0.239 e. The molecule has 0 saturated carbocycles. The van der Waals surface area contributed by atoms with Gasteiger partial charge in [0.1, 0.15) is 11.5 Å². The fourth-order valence-corrected chi connectivity index (χ4v) is 4.53. The number of nitrogens with zero attached hydrogens (tertiary/aromatic N) is 2. The number of rotatable bonds is 7. The molecule has 1 aliphatic heterocycles. The molecule has 1 fully saturated rings.